The van der Waals surface area contributed by atoms with E-state index in [-0.39, 0.29) is 4.90 Å². The number of sulfonamides is 1. The Kier molecular flexibility index (Phi) is 5.07. The molecule has 2 heterocycles. The summed E-state index contributed by atoms with van der Waals surface area (Å²) in [4.78, 5) is 2.77. The summed E-state index contributed by atoms with van der Waals surface area (Å²) in [5.41, 5.74) is 0. The highest BCUT2D eigenvalue weighted by molar-refractivity contribution is 7.89. The summed E-state index contributed by atoms with van der Waals surface area (Å²) in [6.07, 6.45) is 5.72. The summed E-state index contributed by atoms with van der Waals surface area (Å²) in [6.45, 7) is 3.52. The number of hydrogen-bond acceptors (Lipinski definition) is 3. The molecule has 1 aromatic rings. The fourth-order valence-corrected chi connectivity index (χ4v) is 5.49. The van der Waals surface area contributed by atoms with Gasteiger partial charge in [-0.25, -0.2) is 8.42 Å². The van der Waals surface area contributed by atoms with Crippen LogP contribution in [0, 0.1) is 0 Å². The van der Waals surface area contributed by atoms with Crippen molar-refractivity contribution in [2.24, 2.45) is 0 Å². The van der Waals surface area contributed by atoms with Crippen molar-refractivity contribution in [1.29, 1.82) is 0 Å². The SMILES string of the molecule is O=S(=O)(c1ccccc1Cl)N1CCC(N2CCCCC2)CC1. The molecule has 1 aromatic carbocycles. The van der Waals surface area contributed by atoms with E-state index in [9.17, 15) is 8.42 Å². The van der Waals surface area contributed by atoms with Crippen LogP contribution in [0.2, 0.25) is 5.02 Å². The van der Waals surface area contributed by atoms with Gasteiger partial charge in [0, 0.05) is 19.1 Å². The first-order valence-corrected chi connectivity index (χ1v) is 9.89. The fraction of sp³-hybridized carbons (Fsp3) is 0.625. The van der Waals surface area contributed by atoms with Crippen LogP contribution in [0.1, 0.15) is 32.1 Å². The van der Waals surface area contributed by atoms with Gasteiger partial charge in [0.15, 0.2) is 0 Å². The van der Waals surface area contributed by atoms with Gasteiger partial charge in [-0.15, -0.1) is 0 Å². The summed E-state index contributed by atoms with van der Waals surface area (Å²) in [5, 5.41) is 0.306. The quantitative estimate of drug-likeness (QED) is 0.848. The van der Waals surface area contributed by atoms with Crippen LogP contribution in [0.15, 0.2) is 29.2 Å². The van der Waals surface area contributed by atoms with E-state index >= 15 is 0 Å². The van der Waals surface area contributed by atoms with E-state index < -0.39 is 10.0 Å². The molecule has 0 aromatic heterocycles. The normalized spacial score (nSPS) is 22.8. The Bertz CT molecular complexity index is 606. The standard InChI is InChI=1S/C16H23ClN2O2S/c17-15-6-2-3-7-16(15)22(20,21)19-12-8-14(9-13-19)18-10-4-1-5-11-18/h2-3,6-7,14H,1,4-5,8-13H2. The number of rotatable bonds is 3. The van der Waals surface area contributed by atoms with E-state index in [0.717, 1.165) is 12.8 Å². The molecule has 0 spiro atoms. The van der Waals surface area contributed by atoms with Crippen LogP contribution in [0.25, 0.3) is 0 Å². The average molecular weight is 343 g/mol. The Labute approximate surface area is 138 Å². The number of halogens is 1. The van der Waals surface area contributed by atoms with Crippen molar-refractivity contribution in [1.82, 2.24) is 9.21 Å². The number of nitrogens with zero attached hydrogens (tertiary/aromatic N) is 2. The van der Waals surface area contributed by atoms with E-state index in [0.29, 0.717) is 24.2 Å². The zero-order valence-electron chi connectivity index (χ0n) is 12.7. The van der Waals surface area contributed by atoms with Crippen LogP contribution in [-0.2, 0) is 10.0 Å². The van der Waals surface area contributed by atoms with Crippen LogP contribution >= 0.6 is 11.6 Å². The molecular formula is C16H23ClN2O2S. The molecule has 0 aliphatic carbocycles. The van der Waals surface area contributed by atoms with Crippen LogP contribution < -0.4 is 0 Å². The van der Waals surface area contributed by atoms with Crippen molar-refractivity contribution in [3.8, 4) is 0 Å². The predicted octanol–water partition coefficient (Wildman–Crippen LogP) is 2.98. The predicted molar refractivity (Wildman–Crippen MR) is 88.7 cm³/mol. The molecule has 0 saturated carbocycles. The summed E-state index contributed by atoms with van der Waals surface area (Å²) >= 11 is 6.06. The Morgan fingerprint density at radius 2 is 1.59 bits per heavy atom. The van der Waals surface area contributed by atoms with Crippen LogP contribution in [-0.4, -0.2) is 49.8 Å². The van der Waals surface area contributed by atoms with E-state index in [1.165, 1.54) is 32.4 Å². The van der Waals surface area contributed by atoms with Gasteiger partial charge >= 0.3 is 0 Å². The van der Waals surface area contributed by atoms with Gasteiger partial charge in [0.05, 0.1) is 5.02 Å². The maximum absolute atomic E-state index is 12.7. The molecule has 2 aliphatic rings. The van der Waals surface area contributed by atoms with Crippen molar-refractivity contribution < 1.29 is 8.42 Å². The summed E-state index contributed by atoms with van der Waals surface area (Å²) in [6, 6.07) is 7.24. The van der Waals surface area contributed by atoms with Crippen LogP contribution in [0.4, 0.5) is 0 Å². The molecule has 0 amide bonds. The summed E-state index contributed by atoms with van der Waals surface area (Å²) < 4.78 is 27.0. The molecule has 122 valence electrons. The first kappa shape index (κ1) is 16.2. The summed E-state index contributed by atoms with van der Waals surface area (Å²) in [5.74, 6) is 0. The Morgan fingerprint density at radius 1 is 0.955 bits per heavy atom. The molecule has 0 N–H and O–H groups in total. The third-order valence-corrected chi connectivity index (χ3v) is 7.18. The molecule has 0 bridgehead atoms. The highest BCUT2D eigenvalue weighted by atomic mass is 35.5. The number of likely N-dealkylation sites (tertiary alicyclic amines) is 1. The lowest BCUT2D eigenvalue weighted by Crippen LogP contribution is -2.48. The summed E-state index contributed by atoms with van der Waals surface area (Å²) in [7, 11) is -3.46. The number of hydrogen-bond donors (Lipinski definition) is 0. The highest BCUT2D eigenvalue weighted by Crippen LogP contribution is 2.28. The van der Waals surface area contributed by atoms with Crippen LogP contribution in [0.3, 0.4) is 0 Å². The fourth-order valence-electron chi connectivity index (χ4n) is 3.52. The van der Waals surface area contributed by atoms with E-state index in [2.05, 4.69) is 4.90 Å². The maximum Gasteiger partial charge on any atom is 0.244 e. The zero-order chi connectivity index (χ0) is 15.6. The molecule has 6 heteroatoms. The van der Waals surface area contributed by atoms with Crippen molar-refractivity contribution in [2.45, 2.75) is 43.0 Å². The van der Waals surface area contributed by atoms with Gasteiger partial charge in [0.2, 0.25) is 10.0 Å². The van der Waals surface area contributed by atoms with Gasteiger partial charge in [0.25, 0.3) is 0 Å². The molecule has 2 fully saturated rings. The van der Waals surface area contributed by atoms with Crippen molar-refractivity contribution in [3.05, 3.63) is 29.3 Å². The molecular weight excluding hydrogens is 320 g/mol. The lowest BCUT2D eigenvalue weighted by molar-refractivity contribution is 0.118. The highest BCUT2D eigenvalue weighted by Gasteiger charge is 2.32. The lowest BCUT2D eigenvalue weighted by atomic mass is 10.0. The van der Waals surface area contributed by atoms with Gasteiger partial charge in [-0.05, 0) is 50.9 Å². The molecule has 0 atom stereocenters. The first-order valence-electron chi connectivity index (χ1n) is 8.08. The molecule has 2 aliphatic heterocycles. The third kappa shape index (κ3) is 3.32. The van der Waals surface area contributed by atoms with Crippen LogP contribution in [0.5, 0.6) is 0 Å². The second-order valence-electron chi connectivity index (χ2n) is 6.16. The second kappa shape index (κ2) is 6.87. The van der Waals surface area contributed by atoms with Gasteiger partial charge < -0.3 is 4.90 Å². The lowest BCUT2D eigenvalue weighted by Gasteiger charge is -2.39. The molecule has 2 saturated heterocycles. The minimum atomic E-state index is -3.46. The molecule has 3 rings (SSSR count). The smallest absolute Gasteiger partial charge is 0.244 e. The van der Waals surface area contributed by atoms with E-state index in [4.69, 9.17) is 11.6 Å². The van der Waals surface area contributed by atoms with Gasteiger partial charge in [-0.3, -0.25) is 0 Å². The van der Waals surface area contributed by atoms with E-state index in [1.807, 2.05) is 0 Å². The monoisotopic (exact) mass is 342 g/mol. The Balaban J connectivity index is 1.67. The first-order chi connectivity index (χ1) is 10.6. The molecule has 4 nitrogen and oxygen atoms in total. The van der Waals surface area contributed by atoms with Gasteiger partial charge in [-0.2, -0.15) is 4.31 Å². The Morgan fingerprint density at radius 3 is 2.23 bits per heavy atom. The van der Waals surface area contributed by atoms with Crippen molar-refractivity contribution in [3.63, 3.8) is 0 Å². The molecule has 0 radical (unpaired) electrons. The number of piperidine rings is 2. The largest absolute Gasteiger partial charge is 0.300 e. The minimum Gasteiger partial charge on any atom is -0.300 e. The molecule has 22 heavy (non-hydrogen) atoms. The van der Waals surface area contributed by atoms with E-state index in [1.54, 1.807) is 28.6 Å². The Hall–Kier alpha value is -0.620. The number of benzene rings is 1. The zero-order valence-corrected chi connectivity index (χ0v) is 14.3. The van der Waals surface area contributed by atoms with Gasteiger partial charge in [-0.1, -0.05) is 30.2 Å². The average Bonchev–Trinajstić information content (AvgIpc) is 2.56. The second-order valence-corrected chi connectivity index (χ2v) is 8.48. The van der Waals surface area contributed by atoms with Crippen molar-refractivity contribution in [2.75, 3.05) is 26.2 Å². The maximum atomic E-state index is 12.7. The van der Waals surface area contributed by atoms with Crippen molar-refractivity contribution >= 4 is 21.6 Å². The minimum absolute atomic E-state index is 0.230. The van der Waals surface area contributed by atoms with Gasteiger partial charge in [0.1, 0.15) is 4.90 Å². The topological polar surface area (TPSA) is 40.6 Å². The molecule has 0 unspecified atom stereocenters. The third-order valence-electron chi connectivity index (χ3n) is 4.78.